The summed E-state index contributed by atoms with van der Waals surface area (Å²) in [5.41, 5.74) is 0.596. The fourth-order valence-electron chi connectivity index (χ4n) is 4.69. The number of hydrogen-bond donors (Lipinski definition) is 1. The Morgan fingerprint density at radius 3 is 2.13 bits per heavy atom. The maximum atomic E-state index is 12.2. The van der Waals surface area contributed by atoms with E-state index in [0.717, 1.165) is 0 Å². The van der Waals surface area contributed by atoms with Crippen LogP contribution in [0, 0.1) is 16.6 Å². The number of aromatic amines is 1. The van der Waals surface area contributed by atoms with E-state index in [2.05, 4.69) is 9.55 Å². The normalized spacial score (nSPS) is 20.8. The van der Waals surface area contributed by atoms with E-state index in [0.29, 0.717) is 28.3 Å². The minimum absolute atomic E-state index is 0.283. The molecule has 0 unspecified atom stereocenters. The molecule has 1 N–H and O–H groups in total. The Morgan fingerprint density at radius 1 is 1.13 bits per heavy atom. The van der Waals surface area contributed by atoms with Crippen molar-refractivity contribution in [1.82, 2.24) is 9.55 Å². The molecular formula is C18H28N2O2S. The third-order valence-corrected chi connectivity index (χ3v) is 6.08. The standard InChI is InChI=1S/C18H28N2O2S/c1-22-17(21)15-12-19-18(23)20(15)16(13-8-4-2-5-9-13)14-10-6-3-7-11-14/h12-14,16H,2-11H2,1H3,(H,19,23). The molecule has 1 aromatic rings. The zero-order chi connectivity index (χ0) is 16.2. The van der Waals surface area contributed by atoms with Gasteiger partial charge in [-0.15, -0.1) is 0 Å². The van der Waals surface area contributed by atoms with Crippen LogP contribution in [-0.2, 0) is 4.74 Å². The molecule has 2 aliphatic rings. The molecule has 0 atom stereocenters. The number of rotatable bonds is 4. The van der Waals surface area contributed by atoms with E-state index in [4.69, 9.17) is 17.0 Å². The summed E-state index contributed by atoms with van der Waals surface area (Å²) in [6.07, 6.45) is 14.7. The molecule has 2 saturated carbocycles. The summed E-state index contributed by atoms with van der Waals surface area (Å²) >= 11 is 5.55. The number of ether oxygens (including phenoxy) is 1. The first-order chi connectivity index (χ1) is 11.2. The lowest BCUT2D eigenvalue weighted by atomic mass is 9.73. The highest BCUT2D eigenvalue weighted by atomic mass is 32.1. The molecule has 1 aromatic heterocycles. The molecule has 3 rings (SSSR count). The highest BCUT2D eigenvalue weighted by Gasteiger charge is 2.35. The summed E-state index contributed by atoms with van der Waals surface area (Å²) in [4.78, 5) is 15.3. The van der Waals surface area contributed by atoms with Gasteiger partial charge in [0.05, 0.1) is 7.11 Å². The van der Waals surface area contributed by atoms with Crippen LogP contribution in [0.4, 0.5) is 0 Å². The van der Waals surface area contributed by atoms with Gasteiger partial charge in [0, 0.05) is 12.2 Å². The van der Waals surface area contributed by atoms with Gasteiger partial charge in [0.15, 0.2) is 4.77 Å². The molecule has 0 aliphatic heterocycles. The second kappa shape index (κ2) is 7.65. The Kier molecular flexibility index (Phi) is 5.57. The maximum absolute atomic E-state index is 12.2. The minimum Gasteiger partial charge on any atom is -0.464 e. The van der Waals surface area contributed by atoms with Gasteiger partial charge in [-0.3, -0.25) is 0 Å². The zero-order valence-corrected chi connectivity index (χ0v) is 14.9. The number of hydrogen-bond acceptors (Lipinski definition) is 3. The van der Waals surface area contributed by atoms with Crippen molar-refractivity contribution < 1.29 is 9.53 Å². The Bertz CT molecular complexity index is 562. The average molecular weight is 337 g/mol. The summed E-state index contributed by atoms with van der Waals surface area (Å²) < 4.78 is 7.77. The largest absolute Gasteiger partial charge is 0.464 e. The average Bonchev–Trinajstić information content (AvgIpc) is 2.98. The second-order valence-corrected chi connectivity index (χ2v) is 7.51. The number of nitrogens with one attached hydrogen (secondary N) is 1. The second-order valence-electron chi connectivity index (χ2n) is 7.13. The Labute approximate surface area is 143 Å². The first kappa shape index (κ1) is 16.7. The highest BCUT2D eigenvalue weighted by Crippen LogP contribution is 2.43. The molecule has 128 valence electrons. The molecule has 1 heterocycles. The van der Waals surface area contributed by atoms with Crippen LogP contribution in [0.2, 0.25) is 0 Å². The summed E-state index contributed by atoms with van der Waals surface area (Å²) in [6.45, 7) is 0. The summed E-state index contributed by atoms with van der Waals surface area (Å²) in [6, 6.07) is 0.350. The number of carbonyl (C=O) groups excluding carboxylic acids is 1. The van der Waals surface area contributed by atoms with Crippen LogP contribution in [0.5, 0.6) is 0 Å². The van der Waals surface area contributed by atoms with Crippen molar-refractivity contribution >= 4 is 18.2 Å². The van der Waals surface area contributed by atoms with Crippen molar-refractivity contribution in [1.29, 1.82) is 0 Å². The number of esters is 1. The maximum Gasteiger partial charge on any atom is 0.356 e. The van der Waals surface area contributed by atoms with E-state index in [-0.39, 0.29) is 5.97 Å². The lowest BCUT2D eigenvalue weighted by Gasteiger charge is -2.39. The van der Waals surface area contributed by atoms with Crippen molar-refractivity contribution in [3.63, 3.8) is 0 Å². The van der Waals surface area contributed by atoms with Gasteiger partial charge in [0.25, 0.3) is 0 Å². The molecule has 5 heteroatoms. The van der Waals surface area contributed by atoms with Crippen molar-refractivity contribution in [2.45, 2.75) is 70.3 Å². The van der Waals surface area contributed by atoms with Crippen LogP contribution in [0.3, 0.4) is 0 Å². The van der Waals surface area contributed by atoms with Gasteiger partial charge in [-0.2, -0.15) is 0 Å². The van der Waals surface area contributed by atoms with Crippen molar-refractivity contribution in [2.24, 2.45) is 11.8 Å². The number of carbonyl (C=O) groups is 1. The Morgan fingerprint density at radius 2 is 1.65 bits per heavy atom. The first-order valence-electron chi connectivity index (χ1n) is 9.10. The van der Waals surface area contributed by atoms with Gasteiger partial charge in [0.2, 0.25) is 0 Å². The van der Waals surface area contributed by atoms with Crippen LogP contribution in [0.25, 0.3) is 0 Å². The predicted molar refractivity (Wildman–Crippen MR) is 93.1 cm³/mol. The number of aromatic nitrogens is 2. The predicted octanol–water partition coefficient (Wildman–Crippen LogP) is 5.03. The topological polar surface area (TPSA) is 47.0 Å². The van der Waals surface area contributed by atoms with Gasteiger partial charge in [-0.1, -0.05) is 38.5 Å². The van der Waals surface area contributed by atoms with Gasteiger partial charge >= 0.3 is 5.97 Å². The van der Waals surface area contributed by atoms with Crippen LogP contribution in [0.15, 0.2) is 6.20 Å². The van der Waals surface area contributed by atoms with Crippen molar-refractivity contribution in [3.8, 4) is 0 Å². The quantitative estimate of drug-likeness (QED) is 0.619. The molecular weight excluding hydrogens is 308 g/mol. The zero-order valence-electron chi connectivity index (χ0n) is 14.1. The Balaban J connectivity index is 1.98. The van der Waals surface area contributed by atoms with Crippen LogP contribution < -0.4 is 0 Å². The molecule has 23 heavy (non-hydrogen) atoms. The van der Waals surface area contributed by atoms with Gasteiger partial charge in [-0.25, -0.2) is 4.79 Å². The summed E-state index contributed by atoms with van der Waals surface area (Å²) in [5, 5.41) is 0. The van der Waals surface area contributed by atoms with Crippen molar-refractivity contribution in [2.75, 3.05) is 7.11 Å². The van der Waals surface area contributed by atoms with Crippen LogP contribution in [-0.4, -0.2) is 22.6 Å². The molecule has 0 radical (unpaired) electrons. The lowest BCUT2D eigenvalue weighted by molar-refractivity contribution is 0.0571. The number of methoxy groups -OCH3 is 1. The van der Waals surface area contributed by atoms with Gasteiger partial charge in [-0.05, 0) is 49.7 Å². The fourth-order valence-corrected chi connectivity index (χ4v) is 4.97. The van der Waals surface area contributed by atoms with E-state index < -0.39 is 0 Å². The first-order valence-corrected chi connectivity index (χ1v) is 9.51. The lowest BCUT2D eigenvalue weighted by Crippen LogP contribution is -2.32. The highest BCUT2D eigenvalue weighted by molar-refractivity contribution is 7.71. The fraction of sp³-hybridized carbons (Fsp3) is 0.778. The molecule has 0 aromatic carbocycles. The van der Waals surface area contributed by atoms with Crippen LogP contribution in [0.1, 0.15) is 80.7 Å². The van der Waals surface area contributed by atoms with E-state index in [1.54, 1.807) is 6.20 Å². The number of imidazole rings is 1. The molecule has 2 fully saturated rings. The van der Waals surface area contributed by atoms with Crippen LogP contribution >= 0.6 is 12.2 Å². The van der Waals surface area contributed by atoms with E-state index >= 15 is 0 Å². The Hall–Kier alpha value is -1.10. The number of nitrogens with zero attached hydrogens (tertiary/aromatic N) is 1. The number of H-pyrrole nitrogens is 1. The summed E-state index contributed by atoms with van der Waals surface area (Å²) in [5.74, 6) is 0.990. The SMILES string of the molecule is COC(=O)c1c[nH]c(=S)n1C(C1CCCCC1)C1CCCCC1. The molecule has 0 spiro atoms. The third kappa shape index (κ3) is 3.54. The van der Waals surface area contributed by atoms with E-state index in [1.165, 1.54) is 71.3 Å². The van der Waals surface area contributed by atoms with Gasteiger partial charge in [0.1, 0.15) is 5.69 Å². The van der Waals surface area contributed by atoms with E-state index in [1.807, 2.05) is 0 Å². The van der Waals surface area contributed by atoms with Crippen molar-refractivity contribution in [3.05, 3.63) is 16.7 Å². The molecule has 0 saturated heterocycles. The summed E-state index contributed by atoms with van der Waals surface area (Å²) in [7, 11) is 1.44. The van der Waals surface area contributed by atoms with Gasteiger partial charge < -0.3 is 14.3 Å². The molecule has 2 aliphatic carbocycles. The monoisotopic (exact) mass is 336 g/mol. The molecule has 0 bridgehead atoms. The molecule has 0 amide bonds. The third-order valence-electron chi connectivity index (χ3n) is 5.77. The molecule has 4 nitrogen and oxygen atoms in total. The smallest absolute Gasteiger partial charge is 0.356 e. The van der Waals surface area contributed by atoms with E-state index in [9.17, 15) is 4.79 Å². The minimum atomic E-state index is -0.283.